The molecule has 0 unspecified atom stereocenters. The number of amides is 1. The molecule has 1 amide bonds. The van der Waals surface area contributed by atoms with Crippen LogP contribution in [-0.2, 0) is 14.8 Å². The van der Waals surface area contributed by atoms with Crippen molar-refractivity contribution in [2.24, 2.45) is 0 Å². The first-order valence-electron chi connectivity index (χ1n) is 7.43. The summed E-state index contributed by atoms with van der Waals surface area (Å²) in [6.07, 6.45) is 0. The van der Waals surface area contributed by atoms with Crippen molar-refractivity contribution in [2.75, 3.05) is 11.9 Å². The lowest BCUT2D eigenvalue weighted by atomic mass is 10.0. The van der Waals surface area contributed by atoms with Gasteiger partial charge < -0.3 is 5.32 Å². The Morgan fingerprint density at radius 2 is 1.62 bits per heavy atom. The van der Waals surface area contributed by atoms with Gasteiger partial charge in [0.15, 0.2) is 0 Å². The van der Waals surface area contributed by atoms with E-state index in [-0.39, 0.29) is 4.90 Å². The van der Waals surface area contributed by atoms with Crippen LogP contribution < -0.4 is 10.0 Å². The van der Waals surface area contributed by atoms with Gasteiger partial charge >= 0.3 is 0 Å². The third-order valence-electron chi connectivity index (χ3n) is 3.41. The molecule has 24 heavy (non-hydrogen) atoms. The number of carbonyl (C=O) groups excluding carboxylic acids is 1. The molecule has 0 aliphatic carbocycles. The second-order valence-corrected chi connectivity index (χ2v) is 7.37. The van der Waals surface area contributed by atoms with Crippen LogP contribution >= 0.6 is 0 Å². The summed E-state index contributed by atoms with van der Waals surface area (Å²) in [6, 6.07) is 11.7. The molecular weight excluding hydrogens is 331 g/mol. The van der Waals surface area contributed by atoms with Crippen molar-refractivity contribution in [3.05, 3.63) is 59.9 Å². The number of hydrogen-bond donors (Lipinski definition) is 2. The van der Waals surface area contributed by atoms with Gasteiger partial charge in [-0.2, -0.15) is 0 Å². The molecule has 0 saturated carbocycles. The SMILES string of the molecule is CC(C)c1ccc(S(=O)(=O)NCC(=O)Nc2ccc(F)cc2)cc1. The molecule has 0 aromatic heterocycles. The van der Waals surface area contributed by atoms with Gasteiger partial charge in [-0.15, -0.1) is 0 Å². The van der Waals surface area contributed by atoms with Crippen LogP contribution in [0, 0.1) is 5.82 Å². The first kappa shape index (κ1) is 18.1. The standard InChI is InChI=1S/C17H19FN2O3S/c1-12(2)13-3-9-16(10-4-13)24(22,23)19-11-17(21)20-15-7-5-14(18)6-8-15/h3-10,12,19H,11H2,1-2H3,(H,20,21). The van der Waals surface area contributed by atoms with Crippen molar-refractivity contribution in [1.82, 2.24) is 4.72 Å². The lowest BCUT2D eigenvalue weighted by molar-refractivity contribution is -0.115. The smallest absolute Gasteiger partial charge is 0.241 e. The Labute approximate surface area is 141 Å². The van der Waals surface area contributed by atoms with Crippen molar-refractivity contribution < 1.29 is 17.6 Å². The first-order valence-corrected chi connectivity index (χ1v) is 8.91. The highest BCUT2D eigenvalue weighted by atomic mass is 32.2. The van der Waals surface area contributed by atoms with E-state index in [4.69, 9.17) is 0 Å². The normalized spacial score (nSPS) is 11.5. The van der Waals surface area contributed by atoms with E-state index in [1.165, 1.54) is 36.4 Å². The largest absolute Gasteiger partial charge is 0.325 e. The average Bonchev–Trinajstić information content (AvgIpc) is 2.55. The fraction of sp³-hybridized carbons (Fsp3) is 0.235. The minimum atomic E-state index is -3.77. The summed E-state index contributed by atoms with van der Waals surface area (Å²) in [5.74, 6) is -0.654. The number of halogens is 1. The zero-order valence-electron chi connectivity index (χ0n) is 13.4. The van der Waals surface area contributed by atoms with Crippen molar-refractivity contribution in [3.63, 3.8) is 0 Å². The quantitative estimate of drug-likeness (QED) is 0.841. The summed E-state index contributed by atoms with van der Waals surface area (Å²) in [5.41, 5.74) is 1.42. The van der Waals surface area contributed by atoms with E-state index in [0.29, 0.717) is 11.6 Å². The molecule has 0 aliphatic heterocycles. The van der Waals surface area contributed by atoms with Crippen molar-refractivity contribution in [1.29, 1.82) is 0 Å². The molecule has 2 aromatic rings. The van der Waals surface area contributed by atoms with Gasteiger partial charge in [-0.25, -0.2) is 17.5 Å². The predicted octanol–water partition coefficient (Wildman–Crippen LogP) is 2.87. The van der Waals surface area contributed by atoms with Crippen LogP contribution in [0.3, 0.4) is 0 Å². The lowest BCUT2D eigenvalue weighted by Gasteiger charge is -2.09. The number of rotatable bonds is 6. The van der Waals surface area contributed by atoms with Crippen LogP contribution in [0.1, 0.15) is 25.3 Å². The fourth-order valence-corrected chi connectivity index (χ4v) is 3.00. The summed E-state index contributed by atoms with van der Waals surface area (Å²) >= 11 is 0. The molecule has 0 heterocycles. The molecule has 2 rings (SSSR count). The van der Waals surface area contributed by atoms with Crippen LogP contribution in [-0.4, -0.2) is 20.9 Å². The fourth-order valence-electron chi connectivity index (χ4n) is 2.01. The highest BCUT2D eigenvalue weighted by Crippen LogP contribution is 2.17. The molecule has 0 radical (unpaired) electrons. The number of sulfonamides is 1. The van der Waals surface area contributed by atoms with Crippen molar-refractivity contribution >= 4 is 21.6 Å². The molecule has 2 N–H and O–H groups in total. The minimum absolute atomic E-state index is 0.0986. The molecular formula is C17H19FN2O3S. The number of hydrogen-bond acceptors (Lipinski definition) is 3. The molecule has 0 bridgehead atoms. The van der Waals surface area contributed by atoms with E-state index >= 15 is 0 Å². The van der Waals surface area contributed by atoms with Gasteiger partial charge in [0.2, 0.25) is 15.9 Å². The third-order valence-corrected chi connectivity index (χ3v) is 4.82. The Kier molecular flexibility index (Phi) is 5.69. The van der Waals surface area contributed by atoms with Gasteiger partial charge in [-0.05, 0) is 47.9 Å². The number of carbonyl (C=O) groups is 1. The van der Waals surface area contributed by atoms with Crippen LogP contribution in [0.25, 0.3) is 0 Å². The molecule has 128 valence electrons. The third kappa shape index (κ3) is 4.87. The van der Waals surface area contributed by atoms with Crippen LogP contribution in [0.5, 0.6) is 0 Å². The Morgan fingerprint density at radius 3 is 2.17 bits per heavy atom. The van der Waals surface area contributed by atoms with E-state index in [9.17, 15) is 17.6 Å². The number of anilines is 1. The summed E-state index contributed by atoms with van der Waals surface area (Å²) in [6.45, 7) is 3.62. The van der Waals surface area contributed by atoms with Crippen LogP contribution in [0.15, 0.2) is 53.4 Å². The van der Waals surface area contributed by atoms with Gasteiger partial charge in [0.1, 0.15) is 5.82 Å². The Balaban J connectivity index is 1.96. The van der Waals surface area contributed by atoms with Crippen LogP contribution in [0.2, 0.25) is 0 Å². The lowest BCUT2D eigenvalue weighted by Crippen LogP contribution is -2.32. The first-order chi connectivity index (χ1) is 11.3. The Morgan fingerprint density at radius 1 is 1.04 bits per heavy atom. The topological polar surface area (TPSA) is 75.3 Å². The highest BCUT2D eigenvalue weighted by molar-refractivity contribution is 7.89. The monoisotopic (exact) mass is 350 g/mol. The number of nitrogens with one attached hydrogen (secondary N) is 2. The summed E-state index contributed by atoms with van der Waals surface area (Å²) in [4.78, 5) is 11.9. The Hall–Kier alpha value is -2.25. The maximum atomic E-state index is 12.8. The van der Waals surface area contributed by atoms with Crippen molar-refractivity contribution in [3.8, 4) is 0 Å². The second-order valence-electron chi connectivity index (χ2n) is 5.60. The van der Waals surface area contributed by atoms with E-state index < -0.39 is 28.3 Å². The van der Waals surface area contributed by atoms with Crippen molar-refractivity contribution in [2.45, 2.75) is 24.7 Å². The summed E-state index contributed by atoms with van der Waals surface area (Å²) in [5, 5.41) is 2.48. The highest BCUT2D eigenvalue weighted by Gasteiger charge is 2.15. The molecule has 7 heteroatoms. The molecule has 2 aromatic carbocycles. The second kappa shape index (κ2) is 7.55. The van der Waals surface area contributed by atoms with Gasteiger partial charge in [-0.1, -0.05) is 26.0 Å². The molecule has 0 atom stereocenters. The zero-order chi connectivity index (χ0) is 17.7. The van der Waals surface area contributed by atoms with Gasteiger partial charge in [0.05, 0.1) is 11.4 Å². The van der Waals surface area contributed by atoms with Gasteiger partial charge in [-0.3, -0.25) is 4.79 Å². The van der Waals surface area contributed by atoms with E-state index in [1.54, 1.807) is 12.1 Å². The van der Waals surface area contributed by atoms with E-state index in [0.717, 1.165) is 5.56 Å². The molecule has 0 saturated heterocycles. The Bertz CT molecular complexity index is 801. The minimum Gasteiger partial charge on any atom is -0.325 e. The molecule has 0 aliphatic rings. The predicted molar refractivity (Wildman–Crippen MR) is 90.7 cm³/mol. The van der Waals surface area contributed by atoms with Crippen LogP contribution in [0.4, 0.5) is 10.1 Å². The van der Waals surface area contributed by atoms with E-state index in [2.05, 4.69) is 10.0 Å². The average molecular weight is 350 g/mol. The van der Waals surface area contributed by atoms with E-state index in [1.807, 2.05) is 13.8 Å². The van der Waals surface area contributed by atoms with Gasteiger partial charge in [0, 0.05) is 5.69 Å². The zero-order valence-corrected chi connectivity index (χ0v) is 14.2. The number of benzene rings is 2. The maximum Gasteiger partial charge on any atom is 0.241 e. The molecule has 5 nitrogen and oxygen atoms in total. The molecule has 0 fully saturated rings. The summed E-state index contributed by atoms with van der Waals surface area (Å²) < 4.78 is 39.4. The van der Waals surface area contributed by atoms with Gasteiger partial charge in [0.25, 0.3) is 0 Å². The summed E-state index contributed by atoms with van der Waals surface area (Å²) in [7, 11) is -3.77. The maximum absolute atomic E-state index is 12.8. The molecule has 0 spiro atoms.